The van der Waals surface area contributed by atoms with Crippen LogP contribution in [0.1, 0.15) is 12.5 Å². The van der Waals surface area contributed by atoms with E-state index in [1.165, 1.54) is 13.3 Å². The highest BCUT2D eigenvalue weighted by molar-refractivity contribution is 6.35. The van der Waals surface area contributed by atoms with Gasteiger partial charge in [0.15, 0.2) is 0 Å². The molecule has 0 fully saturated rings. The lowest BCUT2D eigenvalue weighted by Crippen LogP contribution is -2.39. The molecule has 154 valence electrons. The van der Waals surface area contributed by atoms with Gasteiger partial charge in [0.2, 0.25) is 0 Å². The maximum Gasteiger partial charge on any atom is 0.329 e. The summed E-state index contributed by atoms with van der Waals surface area (Å²) in [5, 5.41) is 10.0. The topological polar surface area (TPSA) is 101 Å². The summed E-state index contributed by atoms with van der Waals surface area (Å²) in [6.45, 7) is 3.07. The van der Waals surface area contributed by atoms with Crippen molar-refractivity contribution in [2.75, 3.05) is 32.2 Å². The molecule has 0 atom stereocenters. The SMILES string of the molecule is CCOc1ccc(Nc2ccc(Cl)cc2/C=N\NC(=O)C(=O)NCCOC)cc1. The first-order valence-electron chi connectivity index (χ1n) is 8.93. The van der Waals surface area contributed by atoms with E-state index in [4.69, 9.17) is 21.1 Å². The molecule has 2 rings (SSSR count). The molecular formula is C20H23ClN4O4. The lowest BCUT2D eigenvalue weighted by atomic mass is 10.2. The maximum atomic E-state index is 11.7. The number of hydrogen-bond acceptors (Lipinski definition) is 6. The Labute approximate surface area is 174 Å². The zero-order valence-corrected chi connectivity index (χ0v) is 17.0. The van der Waals surface area contributed by atoms with Gasteiger partial charge in [-0.05, 0) is 49.4 Å². The third-order valence-corrected chi connectivity index (χ3v) is 3.86. The normalized spacial score (nSPS) is 10.6. The summed E-state index contributed by atoms with van der Waals surface area (Å²) in [5.74, 6) is -0.888. The minimum atomic E-state index is -0.875. The second-order valence-electron chi connectivity index (χ2n) is 5.76. The van der Waals surface area contributed by atoms with Crippen molar-refractivity contribution in [1.29, 1.82) is 0 Å². The molecule has 2 aromatic rings. The molecule has 2 aromatic carbocycles. The summed E-state index contributed by atoms with van der Waals surface area (Å²) in [5.41, 5.74) is 4.37. The molecule has 8 nitrogen and oxygen atoms in total. The Kier molecular flexibility index (Phi) is 8.94. The molecule has 0 aliphatic rings. The van der Waals surface area contributed by atoms with Gasteiger partial charge in [0.1, 0.15) is 5.75 Å². The minimum absolute atomic E-state index is 0.233. The Bertz CT molecular complexity index is 856. The van der Waals surface area contributed by atoms with E-state index < -0.39 is 11.8 Å². The number of benzene rings is 2. The fourth-order valence-corrected chi connectivity index (χ4v) is 2.45. The second kappa shape index (κ2) is 11.7. The van der Waals surface area contributed by atoms with Crippen LogP contribution in [0.4, 0.5) is 11.4 Å². The first-order valence-corrected chi connectivity index (χ1v) is 9.31. The number of hydrazone groups is 1. The number of methoxy groups -OCH3 is 1. The number of amides is 2. The number of carbonyl (C=O) groups is 2. The molecule has 2 amide bonds. The van der Waals surface area contributed by atoms with Crippen LogP contribution in [0.3, 0.4) is 0 Å². The number of nitrogens with zero attached hydrogens (tertiary/aromatic N) is 1. The smallest absolute Gasteiger partial charge is 0.329 e. The number of rotatable bonds is 9. The molecule has 9 heteroatoms. The van der Waals surface area contributed by atoms with Crippen LogP contribution >= 0.6 is 11.6 Å². The molecule has 0 heterocycles. The minimum Gasteiger partial charge on any atom is -0.494 e. The van der Waals surface area contributed by atoms with Crippen molar-refractivity contribution >= 4 is 41.0 Å². The number of ether oxygens (including phenoxy) is 2. The summed E-state index contributed by atoms with van der Waals surface area (Å²) in [6.07, 6.45) is 1.41. The predicted octanol–water partition coefficient (Wildman–Crippen LogP) is 2.70. The van der Waals surface area contributed by atoms with Gasteiger partial charge in [-0.2, -0.15) is 5.10 Å². The van der Waals surface area contributed by atoms with Gasteiger partial charge in [-0.15, -0.1) is 0 Å². The third-order valence-electron chi connectivity index (χ3n) is 3.63. The highest BCUT2D eigenvalue weighted by Crippen LogP contribution is 2.24. The van der Waals surface area contributed by atoms with Crippen molar-refractivity contribution in [3.8, 4) is 5.75 Å². The molecule has 0 bridgehead atoms. The van der Waals surface area contributed by atoms with Gasteiger partial charge in [-0.3, -0.25) is 9.59 Å². The van der Waals surface area contributed by atoms with E-state index >= 15 is 0 Å². The molecule has 0 aliphatic carbocycles. The number of carbonyl (C=O) groups excluding carboxylic acids is 2. The van der Waals surface area contributed by atoms with E-state index in [-0.39, 0.29) is 6.54 Å². The van der Waals surface area contributed by atoms with Crippen LogP contribution < -0.4 is 20.8 Å². The van der Waals surface area contributed by atoms with Crippen molar-refractivity contribution in [3.63, 3.8) is 0 Å². The third kappa shape index (κ3) is 7.44. The van der Waals surface area contributed by atoms with Gasteiger partial charge in [-0.25, -0.2) is 5.43 Å². The van der Waals surface area contributed by atoms with Crippen LogP contribution in [-0.2, 0) is 14.3 Å². The molecule has 0 radical (unpaired) electrons. The number of nitrogens with one attached hydrogen (secondary N) is 3. The van der Waals surface area contributed by atoms with Gasteiger partial charge in [0.25, 0.3) is 0 Å². The molecule has 3 N–H and O–H groups in total. The van der Waals surface area contributed by atoms with E-state index in [0.29, 0.717) is 23.8 Å². The van der Waals surface area contributed by atoms with Crippen molar-refractivity contribution < 1.29 is 19.1 Å². The monoisotopic (exact) mass is 418 g/mol. The summed E-state index contributed by atoms with van der Waals surface area (Å²) < 4.78 is 10.2. The zero-order valence-electron chi connectivity index (χ0n) is 16.2. The summed E-state index contributed by atoms with van der Waals surface area (Å²) in [7, 11) is 1.50. The molecule has 0 aromatic heterocycles. The van der Waals surface area contributed by atoms with Gasteiger partial charge in [0.05, 0.1) is 19.4 Å². The molecule has 0 saturated heterocycles. The summed E-state index contributed by atoms with van der Waals surface area (Å²) in [4.78, 5) is 23.3. The second-order valence-corrected chi connectivity index (χ2v) is 6.20. The maximum absolute atomic E-state index is 11.7. The quantitative estimate of drug-likeness (QED) is 0.251. The molecular weight excluding hydrogens is 396 g/mol. The van der Waals surface area contributed by atoms with Crippen LogP contribution in [0.2, 0.25) is 5.02 Å². The van der Waals surface area contributed by atoms with Crippen LogP contribution in [0.15, 0.2) is 47.6 Å². The molecule has 0 unspecified atom stereocenters. The van der Waals surface area contributed by atoms with Gasteiger partial charge >= 0.3 is 11.8 Å². The largest absolute Gasteiger partial charge is 0.494 e. The fraction of sp³-hybridized carbons (Fsp3) is 0.250. The van der Waals surface area contributed by atoms with Crippen LogP contribution in [0.5, 0.6) is 5.75 Å². The molecule has 29 heavy (non-hydrogen) atoms. The number of hydrogen-bond donors (Lipinski definition) is 3. The Balaban J connectivity index is 2.03. The first-order chi connectivity index (χ1) is 14.0. The Morgan fingerprint density at radius 2 is 1.90 bits per heavy atom. The van der Waals surface area contributed by atoms with Crippen LogP contribution in [0, 0.1) is 0 Å². The van der Waals surface area contributed by atoms with Crippen LogP contribution in [0.25, 0.3) is 0 Å². The van der Waals surface area contributed by atoms with Crippen molar-refractivity contribution in [1.82, 2.24) is 10.7 Å². The molecule has 0 spiro atoms. The standard InChI is InChI=1S/C20H23ClN4O4/c1-3-29-17-7-5-16(6-8-17)24-18-9-4-15(21)12-14(18)13-23-25-20(27)19(26)22-10-11-28-2/h4-9,12-13,24H,3,10-11H2,1-2H3,(H,22,26)(H,25,27)/b23-13-. The Hall–Kier alpha value is -3.10. The lowest BCUT2D eigenvalue weighted by Gasteiger charge is -2.11. The van der Waals surface area contributed by atoms with E-state index in [2.05, 4.69) is 21.2 Å². The molecule has 0 aliphatic heterocycles. The highest BCUT2D eigenvalue weighted by Gasteiger charge is 2.11. The van der Waals surface area contributed by atoms with Gasteiger partial charge in [-0.1, -0.05) is 11.6 Å². The average Bonchev–Trinajstić information content (AvgIpc) is 2.71. The molecule has 0 saturated carbocycles. The average molecular weight is 419 g/mol. The van der Waals surface area contributed by atoms with Crippen molar-refractivity contribution in [2.24, 2.45) is 5.10 Å². The predicted molar refractivity (Wildman–Crippen MR) is 113 cm³/mol. The van der Waals surface area contributed by atoms with Gasteiger partial charge in [0, 0.05) is 35.6 Å². The van der Waals surface area contributed by atoms with Gasteiger partial charge < -0.3 is 20.1 Å². The number of halogens is 1. The van der Waals surface area contributed by atoms with Crippen molar-refractivity contribution in [3.05, 3.63) is 53.1 Å². The first kappa shape index (κ1) is 22.2. The van der Waals surface area contributed by atoms with E-state index in [0.717, 1.165) is 17.1 Å². The van der Waals surface area contributed by atoms with Crippen molar-refractivity contribution in [2.45, 2.75) is 6.92 Å². The number of anilines is 2. The van der Waals surface area contributed by atoms with E-state index in [9.17, 15) is 9.59 Å². The highest BCUT2D eigenvalue weighted by atomic mass is 35.5. The van der Waals surface area contributed by atoms with E-state index in [1.807, 2.05) is 31.2 Å². The lowest BCUT2D eigenvalue weighted by molar-refractivity contribution is -0.139. The van der Waals surface area contributed by atoms with E-state index in [1.54, 1.807) is 18.2 Å². The fourth-order valence-electron chi connectivity index (χ4n) is 2.27. The Morgan fingerprint density at radius 1 is 1.14 bits per heavy atom. The Morgan fingerprint density at radius 3 is 2.59 bits per heavy atom. The summed E-state index contributed by atoms with van der Waals surface area (Å²) in [6, 6.07) is 12.7. The zero-order chi connectivity index (χ0) is 21.1. The summed E-state index contributed by atoms with van der Waals surface area (Å²) >= 11 is 6.07. The van der Waals surface area contributed by atoms with Crippen LogP contribution in [-0.4, -0.2) is 44.9 Å².